The van der Waals surface area contributed by atoms with Crippen molar-refractivity contribution in [1.29, 1.82) is 0 Å². The van der Waals surface area contributed by atoms with Crippen LogP contribution in [-0.4, -0.2) is 79.3 Å². The first-order valence-electron chi connectivity index (χ1n) is 11.9. The Bertz CT molecular complexity index is 613. The van der Waals surface area contributed by atoms with Gasteiger partial charge < -0.3 is 20.6 Å². The highest BCUT2D eigenvalue weighted by atomic mass is 127. The quantitative estimate of drug-likeness (QED) is 0.186. The van der Waals surface area contributed by atoms with Gasteiger partial charge in [0.15, 0.2) is 5.96 Å². The van der Waals surface area contributed by atoms with Gasteiger partial charge in [0, 0.05) is 31.1 Å². The smallest absolute Gasteiger partial charge is 0.191 e. The Morgan fingerprint density at radius 2 is 1.94 bits per heavy atom. The highest BCUT2D eigenvalue weighted by Crippen LogP contribution is 2.29. The van der Waals surface area contributed by atoms with Crippen LogP contribution in [0.2, 0.25) is 0 Å². The van der Waals surface area contributed by atoms with E-state index in [0.29, 0.717) is 6.04 Å². The van der Waals surface area contributed by atoms with Crippen LogP contribution in [0.5, 0.6) is 0 Å². The number of aliphatic hydroxyl groups excluding tert-OH is 1. The number of hydrogen-bond donors (Lipinski definition) is 3. The Balaban J connectivity index is 0.00000341. The fourth-order valence-corrected chi connectivity index (χ4v) is 5.23. The Morgan fingerprint density at radius 1 is 1.19 bits per heavy atom. The van der Waals surface area contributed by atoms with Crippen LogP contribution in [-0.2, 0) is 0 Å². The molecule has 0 aromatic carbocycles. The van der Waals surface area contributed by atoms with Crippen LogP contribution in [0, 0.1) is 5.92 Å². The molecule has 8 heteroatoms. The molecule has 0 amide bonds. The molecule has 0 saturated carbocycles. The number of nitrogens with zero attached hydrogens (tertiary/aromatic N) is 3. The minimum Gasteiger partial charge on any atom is -0.393 e. The summed E-state index contributed by atoms with van der Waals surface area (Å²) in [5.41, 5.74) is 0. The second kappa shape index (κ2) is 14.7. The molecule has 6 nitrogen and oxygen atoms in total. The summed E-state index contributed by atoms with van der Waals surface area (Å²) < 4.78 is 0. The lowest BCUT2D eigenvalue weighted by Crippen LogP contribution is -2.41. The number of thiophene rings is 1. The summed E-state index contributed by atoms with van der Waals surface area (Å²) in [6.07, 6.45) is 5.41. The van der Waals surface area contributed by atoms with E-state index in [4.69, 9.17) is 4.99 Å². The third kappa shape index (κ3) is 9.15. The van der Waals surface area contributed by atoms with Crippen molar-refractivity contribution in [3.05, 3.63) is 22.4 Å². The highest BCUT2D eigenvalue weighted by Gasteiger charge is 2.25. The Kier molecular flexibility index (Phi) is 12.7. The molecular formula is C23H42IN5OS. The van der Waals surface area contributed by atoms with Crippen molar-refractivity contribution in [2.75, 3.05) is 52.4 Å². The molecule has 2 aliphatic rings. The van der Waals surface area contributed by atoms with Crippen LogP contribution in [0.4, 0.5) is 0 Å². The van der Waals surface area contributed by atoms with Crippen molar-refractivity contribution in [2.24, 2.45) is 10.9 Å². The number of hydrogen-bond acceptors (Lipinski definition) is 5. The fraction of sp³-hybridized carbons (Fsp3) is 0.783. The number of rotatable bonds is 9. The molecule has 0 radical (unpaired) electrons. The number of halogens is 1. The third-order valence-electron chi connectivity index (χ3n) is 6.40. The molecule has 2 saturated heterocycles. The van der Waals surface area contributed by atoms with E-state index in [1.54, 1.807) is 0 Å². The topological polar surface area (TPSA) is 63.1 Å². The molecular weight excluding hydrogens is 521 g/mol. The predicted molar refractivity (Wildman–Crippen MR) is 143 cm³/mol. The van der Waals surface area contributed by atoms with Gasteiger partial charge in [0.2, 0.25) is 0 Å². The second-order valence-corrected chi connectivity index (χ2v) is 9.80. The van der Waals surface area contributed by atoms with Gasteiger partial charge in [0.05, 0.1) is 18.7 Å². The molecule has 2 aliphatic heterocycles. The first kappa shape index (κ1) is 26.8. The maximum atomic E-state index is 9.64. The first-order chi connectivity index (χ1) is 14.7. The van der Waals surface area contributed by atoms with E-state index >= 15 is 0 Å². The maximum absolute atomic E-state index is 9.64. The molecule has 1 atom stereocenters. The molecule has 0 bridgehead atoms. The van der Waals surface area contributed by atoms with Crippen molar-refractivity contribution in [3.63, 3.8) is 0 Å². The van der Waals surface area contributed by atoms with Gasteiger partial charge in [-0.15, -0.1) is 35.3 Å². The van der Waals surface area contributed by atoms with Gasteiger partial charge >= 0.3 is 0 Å². The van der Waals surface area contributed by atoms with E-state index in [9.17, 15) is 5.11 Å². The maximum Gasteiger partial charge on any atom is 0.191 e. The number of piperidine rings is 2. The molecule has 3 N–H and O–H groups in total. The van der Waals surface area contributed by atoms with Crippen LogP contribution in [0.3, 0.4) is 0 Å². The average Bonchev–Trinajstić information content (AvgIpc) is 3.28. The lowest BCUT2D eigenvalue weighted by Gasteiger charge is -2.35. The van der Waals surface area contributed by atoms with E-state index in [2.05, 4.69) is 51.8 Å². The van der Waals surface area contributed by atoms with Crippen molar-refractivity contribution < 1.29 is 5.11 Å². The fourth-order valence-electron chi connectivity index (χ4n) is 4.38. The molecule has 3 rings (SSSR count). The first-order valence-corrected chi connectivity index (χ1v) is 12.7. The van der Waals surface area contributed by atoms with Gasteiger partial charge in [0.1, 0.15) is 0 Å². The normalized spacial score (nSPS) is 20.9. The van der Waals surface area contributed by atoms with Crippen molar-refractivity contribution in [1.82, 2.24) is 20.4 Å². The monoisotopic (exact) mass is 563 g/mol. The van der Waals surface area contributed by atoms with E-state index in [-0.39, 0.29) is 30.1 Å². The lowest BCUT2D eigenvalue weighted by molar-refractivity contribution is 0.0823. The molecule has 0 spiro atoms. The molecule has 31 heavy (non-hydrogen) atoms. The van der Waals surface area contributed by atoms with E-state index in [1.165, 1.54) is 30.8 Å². The molecule has 1 aromatic heterocycles. The van der Waals surface area contributed by atoms with Gasteiger partial charge in [0.25, 0.3) is 0 Å². The zero-order valence-corrected chi connectivity index (χ0v) is 22.4. The van der Waals surface area contributed by atoms with E-state index < -0.39 is 0 Å². The number of aliphatic imine (C=N–C) groups is 1. The lowest BCUT2D eigenvalue weighted by atomic mass is 9.97. The standard InChI is InChI=1S/C23H41N5OS.HI/c1-3-24-23(25-11-5-12-27-13-9-20(29)10-14-27)26-18-21(22-6-4-17-30-22)28-15-7-19(2)8-16-28;/h4,6,17,19-21,29H,3,5,7-16,18H2,1-2H3,(H2,24,25,26);1H. The van der Waals surface area contributed by atoms with Gasteiger partial charge in [-0.05, 0) is 76.0 Å². The third-order valence-corrected chi connectivity index (χ3v) is 7.37. The van der Waals surface area contributed by atoms with Gasteiger partial charge in [-0.1, -0.05) is 13.0 Å². The Labute approximate surface area is 209 Å². The van der Waals surface area contributed by atoms with Crippen molar-refractivity contribution >= 4 is 41.3 Å². The second-order valence-electron chi connectivity index (χ2n) is 8.82. The minimum atomic E-state index is -0.0914. The van der Waals surface area contributed by atoms with E-state index in [0.717, 1.165) is 70.4 Å². The van der Waals surface area contributed by atoms with Crippen molar-refractivity contribution in [3.8, 4) is 0 Å². The van der Waals surface area contributed by atoms with E-state index in [1.807, 2.05) is 11.3 Å². The van der Waals surface area contributed by atoms with Gasteiger partial charge in [-0.3, -0.25) is 9.89 Å². The summed E-state index contributed by atoms with van der Waals surface area (Å²) in [7, 11) is 0. The summed E-state index contributed by atoms with van der Waals surface area (Å²) in [5.74, 6) is 1.77. The van der Waals surface area contributed by atoms with Crippen molar-refractivity contribution in [2.45, 2.75) is 58.1 Å². The molecule has 2 fully saturated rings. The molecule has 178 valence electrons. The summed E-state index contributed by atoms with van der Waals surface area (Å²) in [5, 5.41) is 18.8. The number of likely N-dealkylation sites (tertiary alicyclic amines) is 2. The number of guanidine groups is 1. The van der Waals surface area contributed by atoms with Crippen LogP contribution in [0.25, 0.3) is 0 Å². The Hall–Kier alpha value is -0.420. The predicted octanol–water partition coefficient (Wildman–Crippen LogP) is 3.54. The average molecular weight is 564 g/mol. The summed E-state index contributed by atoms with van der Waals surface area (Å²) in [6.45, 7) is 12.6. The number of nitrogens with one attached hydrogen (secondary N) is 2. The summed E-state index contributed by atoms with van der Waals surface area (Å²) in [4.78, 5) is 11.5. The summed E-state index contributed by atoms with van der Waals surface area (Å²) >= 11 is 1.85. The SMILES string of the molecule is CCNC(=NCC(c1cccs1)N1CCC(C)CC1)NCCCN1CCC(O)CC1.I. The van der Waals surface area contributed by atoms with Crippen LogP contribution in [0.1, 0.15) is 56.9 Å². The van der Waals surface area contributed by atoms with Gasteiger partial charge in [-0.25, -0.2) is 0 Å². The van der Waals surface area contributed by atoms with Crippen LogP contribution in [0.15, 0.2) is 22.5 Å². The van der Waals surface area contributed by atoms with Crippen LogP contribution < -0.4 is 10.6 Å². The number of aliphatic hydroxyl groups is 1. The zero-order chi connectivity index (χ0) is 21.2. The minimum absolute atomic E-state index is 0. The molecule has 3 heterocycles. The molecule has 0 aliphatic carbocycles. The highest BCUT2D eigenvalue weighted by molar-refractivity contribution is 14.0. The van der Waals surface area contributed by atoms with Gasteiger partial charge in [-0.2, -0.15) is 0 Å². The zero-order valence-electron chi connectivity index (χ0n) is 19.3. The molecule has 1 aromatic rings. The Morgan fingerprint density at radius 3 is 2.58 bits per heavy atom. The molecule has 1 unspecified atom stereocenters. The largest absolute Gasteiger partial charge is 0.393 e. The summed E-state index contributed by atoms with van der Waals surface area (Å²) in [6, 6.07) is 4.80. The van der Waals surface area contributed by atoms with Crippen LogP contribution >= 0.6 is 35.3 Å².